The Kier molecular flexibility index (Phi) is 2.75. The molecule has 5 nitrogen and oxygen atoms in total. The molecule has 0 aliphatic carbocycles. The van der Waals surface area contributed by atoms with Crippen molar-refractivity contribution in [1.82, 2.24) is 15.0 Å². The van der Waals surface area contributed by atoms with Crippen LogP contribution in [0.1, 0.15) is 5.56 Å². The molecule has 0 unspecified atom stereocenters. The predicted molar refractivity (Wildman–Crippen MR) is 67.7 cm³/mol. The second-order valence-electron chi connectivity index (χ2n) is 3.79. The molecular formula is C14H8N4O. The molecule has 0 amide bonds. The Morgan fingerprint density at radius 3 is 2.79 bits per heavy atom. The highest BCUT2D eigenvalue weighted by Crippen LogP contribution is 2.23. The van der Waals surface area contributed by atoms with E-state index in [9.17, 15) is 0 Å². The molecule has 3 aromatic rings. The largest absolute Gasteiger partial charge is 0.463 e. The van der Waals surface area contributed by atoms with Gasteiger partial charge in [0.15, 0.2) is 11.6 Å². The Morgan fingerprint density at radius 1 is 1.16 bits per heavy atom. The molecular weight excluding hydrogens is 240 g/mol. The number of rotatable bonds is 2. The van der Waals surface area contributed by atoms with Gasteiger partial charge in [-0.05, 0) is 24.3 Å². The van der Waals surface area contributed by atoms with Crippen molar-refractivity contribution in [1.29, 1.82) is 5.26 Å². The summed E-state index contributed by atoms with van der Waals surface area (Å²) < 4.78 is 5.30. The van der Waals surface area contributed by atoms with Crippen LogP contribution in [0.3, 0.4) is 0 Å². The van der Waals surface area contributed by atoms with Crippen LogP contribution in [0.25, 0.3) is 22.8 Å². The fourth-order valence-corrected chi connectivity index (χ4v) is 1.70. The zero-order valence-corrected chi connectivity index (χ0v) is 9.82. The highest BCUT2D eigenvalue weighted by Gasteiger charge is 2.12. The van der Waals surface area contributed by atoms with Crippen LogP contribution in [0.5, 0.6) is 0 Å². The van der Waals surface area contributed by atoms with E-state index in [4.69, 9.17) is 9.68 Å². The van der Waals surface area contributed by atoms with Crippen LogP contribution < -0.4 is 0 Å². The number of pyridine rings is 1. The quantitative estimate of drug-likeness (QED) is 0.696. The van der Waals surface area contributed by atoms with E-state index in [1.807, 2.05) is 12.1 Å². The lowest BCUT2D eigenvalue weighted by Crippen LogP contribution is -1.95. The van der Waals surface area contributed by atoms with Gasteiger partial charge in [-0.1, -0.05) is 0 Å². The summed E-state index contributed by atoms with van der Waals surface area (Å²) in [6.07, 6.45) is 6.39. The lowest BCUT2D eigenvalue weighted by atomic mass is 10.2. The highest BCUT2D eigenvalue weighted by molar-refractivity contribution is 5.65. The minimum atomic E-state index is 0.377. The number of nitrogens with zero attached hydrogens (tertiary/aromatic N) is 4. The van der Waals surface area contributed by atoms with Gasteiger partial charge in [0.25, 0.3) is 0 Å². The van der Waals surface area contributed by atoms with E-state index in [0.717, 1.165) is 5.56 Å². The van der Waals surface area contributed by atoms with Crippen LogP contribution in [0, 0.1) is 11.3 Å². The van der Waals surface area contributed by atoms with Crippen molar-refractivity contribution in [3.8, 4) is 28.9 Å². The third-order valence-corrected chi connectivity index (χ3v) is 2.58. The average molecular weight is 248 g/mol. The summed E-state index contributed by atoms with van der Waals surface area (Å²) in [5, 5.41) is 9.09. The number of furan rings is 1. The van der Waals surface area contributed by atoms with Gasteiger partial charge in [0.05, 0.1) is 11.8 Å². The molecule has 3 rings (SSSR count). The molecule has 3 aromatic heterocycles. The number of aromatic nitrogens is 3. The summed E-state index contributed by atoms with van der Waals surface area (Å²) in [6, 6.07) is 9.24. The van der Waals surface area contributed by atoms with Gasteiger partial charge in [-0.2, -0.15) is 5.26 Å². The molecule has 0 aliphatic heterocycles. The van der Waals surface area contributed by atoms with Gasteiger partial charge in [0.1, 0.15) is 11.8 Å². The second kappa shape index (κ2) is 4.70. The normalized spacial score (nSPS) is 10.1. The van der Waals surface area contributed by atoms with E-state index >= 15 is 0 Å². The van der Waals surface area contributed by atoms with E-state index in [0.29, 0.717) is 22.8 Å². The molecule has 0 aliphatic rings. The first-order valence-corrected chi connectivity index (χ1v) is 5.60. The minimum absolute atomic E-state index is 0.377. The number of hydrogen-bond donors (Lipinski definition) is 0. The van der Waals surface area contributed by atoms with Crippen molar-refractivity contribution in [2.24, 2.45) is 0 Å². The van der Waals surface area contributed by atoms with Gasteiger partial charge >= 0.3 is 0 Å². The van der Waals surface area contributed by atoms with Crippen molar-refractivity contribution in [3.63, 3.8) is 0 Å². The van der Waals surface area contributed by atoms with Crippen molar-refractivity contribution in [2.45, 2.75) is 0 Å². The third-order valence-electron chi connectivity index (χ3n) is 2.58. The van der Waals surface area contributed by atoms with Crippen molar-refractivity contribution < 1.29 is 4.42 Å². The van der Waals surface area contributed by atoms with E-state index in [2.05, 4.69) is 21.0 Å². The maximum atomic E-state index is 9.09. The van der Waals surface area contributed by atoms with Gasteiger partial charge < -0.3 is 4.42 Å². The lowest BCUT2D eigenvalue weighted by Gasteiger charge is -2.03. The van der Waals surface area contributed by atoms with Crippen LogP contribution in [0.15, 0.2) is 53.5 Å². The fourth-order valence-electron chi connectivity index (χ4n) is 1.70. The molecule has 0 aromatic carbocycles. The molecule has 3 heterocycles. The Hall–Kier alpha value is -3.00. The summed E-state index contributed by atoms with van der Waals surface area (Å²) in [4.78, 5) is 12.6. The highest BCUT2D eigenvalue weighted by atomic mass is 16.3. The Labute approximate surface area is 109 Å². The summed E-state index contributed by atoms with van der Waals surface area (Å²) >= 11 is 0. The molecule has 0 radical (unpaired) electrons. The molecule has 0 bridgehead atoms. The van der Waals surface area contributed by atoms with Crippen LogP contribution in [0.2, 0.25) is 0 Å². The molecule has 19 heavy (non-hydrogen) atoms. The first-order chi connectivity index (χ1) is 9.38. The molecule has 0 saturated carbocycles. The molecule has 0 atom stereocenters. The first-order valence-electron chi connectivity index (χ1n) is 5.60. The summed E-state index contributed by atoms with van der Waals surface area (Å²) in [7, 11) is 0. The van der Waals surface area contributed by atoms with E-state index in [1.165, 1.54) is 6.20 Å². The standard InChI is InChI=1S/C14H8N4O/c15-7-11-9-17-14(10-3-1-5-16-8-10)18-13(11)12-4-2-6-19-12/h1-6,8-9H. The Bertz CT molecular complexity index is 730. The van der Waals surface area contributed by atoms with Gasteiger partial charge in [0.2, 0.25) is 0 Å². The first kappa shape index (κ1) is 11.1. The van der Waals surface area contributed by atoms with E-state index < -0.39 is 0 Å². The molecule has 90 valence electrons. The number of hydrogen-bond acceptors (Lipinski definition) is 5. The molecule has 0 fully saturated rings. The maximum absolute atomic E-state index is 9.09. The van der Waals surface area contributed by atoms with E-state index in [-0.39, 0.29) is 0 Å². The third kappa shape index (κ3) is 2.07. The van der Waals surface area contributed by atoms with Crippen LogP contribution >= 0.6 is 0 Å². The average Bonchev–Trinajstić information content (AvgIpc) is 3.01. The molecule has 0 saturated heterocycles. The van der Waals surface area contributed by atoms with Gasteiger partial charge in [0, 0.05) is 24.2 Å². The zero-order valence-electron chi connectivity index (χ0n) is 9.82. The molecule has 5 heteroatoms. The molecule has 0 spiro atoms. The van der Waals surface area contributed by atoms with Crippen molar-refractivity contribution in [2.75, 3.05) is 0 Å². The fraction of sp³-hybridized carbons (Fsp3) is 0. The predicted octanol–water partition coefficient (Wildman–Crippen LogP) is 2.67. The van der Waals surface area contributed by atoms with E-state index in [1.54, 1.807) is 30.8 Å². The minimum Gasteiger partial charge on any atom is -0.463 e. The summed E-state index contributed by atoms with van der Waals surface area (Å²) in [5.74, 6) is 1.06. The van der Waals surface area contributed by atoms with Gasteiger partial charge in [-0.3, -0.25) is 4.98 Å². The summed E-state index contributed by atoms with van der Waals surface area (Å²) in [6.45, 7) is 0. The SMILES string of the molecule is N#Cc1cnc(-c2cccnc2)nc1-c1ccco1. The monoisotopic (exact) mass is 248 g/mol. The Balaban J connectivity index is 2.16. The van der Waals surface area contributed by atoms with Crippen LogP contribution in [0.4, 0.5) is 0 Å². The second-order valence-corrected chi connectivity index (χ2v) is 3.79. The Morgan fingerprint density at radius 2 is 2.11 bits per heavy atom. The van der Waals surface area contributed by atoms with Crippen LogP contribution in [-0.4, -0.2) is 15.0 Å². The number of nitriles is 1. The maximum Gasteiger partial charge on any atom is 0.161 e. The van der Waals surface area contributed by atoms with Crippen molar-refractivity contribution in [3.05, 3.63) is 54.7 Å². The van der Waals surface area contributed by atoms with Gasteiger partial charge in [-0.25, -0.2) is 9.97 Å². The lowest BCUT2D eigenvalue weighted by molar-refractivity contribution is 0.579. The van der Waals surface area contributed by atoms with Crippen LogP contribution in [-0.2, 0) is 0 Å². The smallest absolute Gasteiger partial charge is 0.161 e. The van der Waals surface area contributed by atoms with Gasteiger partial charge in [-0.15, -0.1) is 0 Å². The molecule has 0 N–H and O–H groups in total. The summed E-state index contributed by atoms with van der Waals surface area (Å²) in [5.41, 5.74) is 1.66. The topological polar surface area (TPSA) is 75.6 Å². The zero-order chi connectivity index (χ0) is 13.1. The van der Waals surface area contributed by atoms with Crippen molar-refractivity contribution >= 4 is 0 Å².